The van der Waals surface area contributed by atoms with E-state index in [-0.39, 0.29) is 13.2 Å². The van der Waals surface area contributed by atoms with Crippen LogP contribution in [0.15, 0.2) is 24.3 Å². The van der Waals surface area contributed by atoms with Gasteiger partial charge in [0, 0.05) is 0 Å². The maximum atomic E-state index is 10.2. The van der Waals surface area contributed by atoms with Gasteiger partial charge in [-0.25, -0.2) is 4.18 Å². The minimum absolute atomic E-state index is 0.0200. The van der Waals surface area contributed by atoms with Gasteiger partial charge in [0.2, 0.25) is 0 Å². The Hall–Kier alpha value is -1.31. The van der Waals surface area contributed by atoms with E-state index >= 15 is 0 Å². The Labute approximate surface area is 93.7 Å². The van der Waals surface area contributed by atoms with Crippen molar-refractivity contribution in [3.8, 4) is 11.5 Å². The van der Waals surface area contributed by atoms with Crippen LogP contribution in [-0.2, 0) is 14.6 Å². The van der Waals surface area contributed by atoms with Crippen LogP contribution in [0.1, 0.15) is 0 Å². The third kappa shape index (κ3) is 4.96. The average molecular weight is 248 g/mol. The Bertz CT molecular complexity index is 410. The zero-order chi connectivity index (χ0) is 12.0. The molecule has 0 amide bonds. The first kappa shape index (κ1) is 12.8. The number of benzene rings is 1. The van der Waals surface area contributed by atoms with Gasteiger partial charge in [-0.3, -0.25) is 4.55 Å². The van der Waals surface area contributed by atoms with Crippen LogP contribution in [0.2, 0.25) is 0 Å². The topological polar surface area (TPSA) is 82.1 Å². The monoisotopic (exact) mass is 248 g/mol. The number of methoxy groups -OCH3 is 1. The molecule has 0 bridgehead atoms. The summed E-state index contributed by atoms with van der Waals surface area (Å²) in [5, 5.41) is 0. The molecule has 0 saturated heterocycles. The molecule has 7 heteroatoms. The zero-order valence-corrected chi connectivity index (χ0v) is 9.44. The lowest BCUT2D eigenvalue weighted by molar-refractivity contribution is 0.201. The maximum Gasteiger partial charge on any atom is 0.397 e. The van der Waals surface area contributed by atoms with E-state index in [1.54, 1.807) is 31.4 Å². The first-order valence-corrected chi connectivity index (χ1v) is 5.76. The minimum Gasteiger partial charge on any atom is -0.497 e. The van der Waals surface area contributed by atoms with Crippen LogP contribution in [0.5, 0.6) is 11.5 Å². The van der Waals surface area contributed by atoms with E-state index in [1.165, 1.54) is 0 Å². The Morgan fingerprint density at radius 2 is 1.69 bits per heavy atom. The van der Waals surface area contributed by atoms with E-state index in [0.29, 0.717) is 11.5 Å². The fraction of sp³-hybridized carbons (Fsp3) is 0.333. The Morgan fingerprint density at radius 1 is 1.12 bits per heavy atom. The molecule has 90 valence electrons. The molecule has 0 aliphatic carbocycles. The van der Waals surface area contributed by atoms with E-state index in [4.69, 9.17) is 14.0 Å². The van der Waals surface area contributed by atoms with E-state index in [2.05, 4.69) is 4.18 Å². The number of rotatable bonds is 6. The Balaban J connectivity index is 2.32. The van der Waals surface area contributed by atoms with Gasteiger partial charge < -0.3 is 9.47 Å². The Kier molecular flexibility index (Phi) is 4.53. The molecule has 0 fully saturated rings. The summed E-state index contributed by atoms with van der Waals surface area (Å²) in [7, 11) is -2.84. The summed E-state index contributed by atoms with van der Waals surface area (Å²) in [6.07, 6.45) is 0. The molecule has 1 aromatic rings. The van der Waals surface area contributed by atoms with Gasteiger partial charge in [0.25, 0.3) is 0 Å². The summed E-state index contributed by atoms with van der Waals surface area (Å²) in [6.45, 7) is -0.225. The lowest BCUT2D eigenvalue weighted by Gasteiger charge is -2.06. The molecule has 0 aliphatic heterocycles. The molecule has 0 spiro atoms. The van der Waals surface area contributed by atoms with E-state index < -0.39 is 10.4 Å². The van der Waals surface area contributed by atoms with Crippen molar-refractivity contribution in [2.45, 2.75) is 0 Å². The number of hydrogen-bond donors (Lipinski definition) is 1. The molecule has 0 atom stereocenters. The summed E-state index contributed by atoms with van der Waals surface area (Å²) < 4.78 is 42.8. The zero-order valence-electron chi connectivity index (χ0n) is 8.62. The van der Waals surface area contributed by atoms with Crippen LogP contribution in [0.25, 0.3) is 0 Å². The first-order valence-electron chi connectivity index (χ1n) is 4.40. The summed E-state index contributed by atoms with van der Waals surface area (Å²) in [5.74, 6) is 1.25. The van der Waals surface area contributed by atoms with E-state index in [0.717, 1.165) is 0 Å². The van der Waals surface area contributed by atoms with Gasteiger partial charge in [0.1, 0.15) is 24.7 Å². The SMILES string of the molecule is COc1ccc(OCCOS(=O)(=O)O)cc1. The molecule has 0 heterocycles. The number of hydrogen-bond acceptors (Lipinski definition) is 5. The highest BCUT2D eigenvalue weighted by atomic mass is 32.3. The van der Waals surface area contributed by atoms with Crippen molar-refractivity contribution in [2.75, 3.05) is 20.3 Å². The third-order valence-electron chi connectivity index (χ3n) is 1.64. The van der Waals surface area contributed by atoms with Gasteiger partial charge in [-0.2, -0.15) is 8.42 Å². The largest absolute Gasteiger partial charge is 0.497 e. The molecular weight excluding hydrogens is 236 g/mol. The van der Waals surface area contributed by atoms with Gasteiger partial charge in [-0.1, -0.05) is 0 Å². The van der Waals surface area contributed by atoms with Crippen LogP contribution in [0.4, 0.5) is 0 Å². The quantitative estimate of drug-likeness (QED) is 0.594. The second-order valence-corrected chi connectivity index (χ2v) is 3.86. The highest BCUT2D eigenvalue weighted by molar-refractivity contribution is 7.80. The molecular formula is C9H12O6S. The molecule has 0 saturated carbocycles. The molecule has 1 aromatic carbocycles. The standard InChI is InChI=1S/C9H12O6S/c1-13-8-2-4-9(5-3-8)14-6-7-15-16(10,11)12/h2-5H,6-7H2,1H3,(H,10,11,12). The number of ether oxygens (including phenoxy) is 2. The highest BCUT2D eigenvalue weighted by Crippen LogP contribution is 2.16. The van der Waals surface area contributed by atoms with Crippen molar-refractivity contribution >= 4 is 10.4 Å². The van der Waals surface area contributed by atoms with Crippen LogP contribution in [0.3, 0.4) is 0 Å². The van der Waals surface area contributed by atoms with Crippen LogP contribution >= 0.6 is 0 Å². The van der Waals surface area contributed by atoms with Crippen molar-refractivity contribution < 1.29 is 26.6 Å². The van der Waals surface area contributed by atoms with Gasteiger partial charge in [0.15, 0.2) is 0 Å². The van der Waals surface area contributed by atoms with Crippen LogP contribution < -0.4 is 9.47 Å². The second kappa shape index (κ2) is 5.69. The fourth-order valence-corrected chi connectivity index (χ4v) is 1.25. The molecule has 1 N–H and O–H groups in total. The summed E-state index contributed by atoms with van der Waals surface area (Å²) in [5.41, 5.74) is 0. The summed E-state index contributed by atoms with van der Waals surface area (Å²) >= 11 is 0. The molecule has 0 unspecified atom stereocenters. The molecule has 0 radical (unpaired) electrons. The minimum atomic E-state index is -4.39. The van der Waals surface area contributed by atoms with Gasteiger partial charge in [-0.05, 0) is 24.3 Å². The summed E-state index contributed by atoms with van der Waals surface area (Å²) in [4.78, 5) is 0. The molecule has 0 aromatic heterocycles. The fourth-order valence-electron chi connectivity index (χ4n) is 0.971. The molecule has 1 rings (SSSR count). The lowest BCUT2D eigenvalue weighted by atomic mass is 10.3. The molecule has 16 heavy (non-hydrogen) atoms. The summed E-state index contributed by atoms with van der Waals surface area (Å²) in [6, 6.07) is 6.76. The smallest absolute Gasteiger partial charge is 0.397 e. The lowest BCUT2D eigenvalue weighted by Crippen LogP contribution is -2.11. The highest BCUT2D eigenvalue weighted by Gasteiger charge is 2.03. The second-order valence-electron chi connectivity index (χ2n) is 2.77. The maximum absolute atomic E-state index is 10.2. The molecule has 6 nitrogen and oxygen atoms in total. The van der Waals surface area contributed by atoms with Gasteiger partial charge >= 0.3 is 10.4 Å². The van der Waals surface area contributed by atoms with Crippen molar-refractivity contribution in [2.24, 2.45) is 0 Å². The van der Waals surface area contributed by atoms with Crippen molar-refractivity contribution in [3.05, 3.63) is 24.3 Å². The van der Waals surface area contributed by atoms with Crippen LogP contribution in [-0.4, -0.2) is 33.3 Å². The van der Waals surface area contributed by atoms with Crippen LogP contribution in [0, 0.1) is 0 Å². The molecule has 0 aliphatic rings. The van der Waals surface area contributed by atoms with E-state index in [9.17, 15) is 8.42 Å². The normalized spacial score (nSPS) is 11.1. The van der Waals surface area contributed by atoms with Gasteiger partial charge in [-0.15, -0.1) is 0 Å². The predicted molar refractivity (Wildman–Crippen MR) is 56.0 cm³/mol. The predicted octanol–water partition coefficient (Wildman–Crippen LogP) is 0.893. The van der Waals surface area contributed by atoms with Crippen molar-refractivity contribution in [1.82, 2.24) is 0 Å². The van der Waals surface area contributed by atoms with Crippen molar-refractivity contribution in [3.63, 3.8) is 0 Å². The Morgan fingerprint density at radius 3 is 2.19 bits per heavy atom. The van der Waals surface area contributed by atoms with Crippen molar-refractivity contribution in [1.29, 1.82) is 0 Å². The van der Waals surface area contributed by atoms with E-state index in [1.807, 2.05) is 0 Å². The third-order valence-corrected chi connectivity index (χ3v) is 2.11. The first-order chi connectivity index (χ1) is 7.51. The van der Waals surface area contributed by atoms with Gasteiger partial charge in [0.05, 0.1) is 7.11 Å². The average Bonchev–Trinajstić information content (AvgIpc) is 2.24.